The van der Waals surface area contributed by atoms with Crippen LogP contribution in [0.2, 0.25) is 0 Å². The Labute approximate surface area is 367 Å². The van der Waals surface area contributed by atoms with Crippen LogP contribution in [-0.2, 0) is 0 Å². The van der Waals surface area contributed by atoms with Crippen molar-refractivity contribution in [1.82, 2.24) is 4.57 Å². The van der Waals surface area contributed by atoms with Gasteiger partial charge in [-0.1, -0.05) is 170 Å². The van der Waals surface area contributed by atoms with Gasteiger partial charge in [-0.05, 0) is 65.2 Å². The molecule has 12 rings (SSSR count). The minimum absolute atomic E-state index is 0.180. The molecule has 0 amide bonds. The predicted molar refractivity (Wildman–Crippen MR) is 267 cm³/mol. The van der Waals surface area contributed by atoms with Gasteiger partial charge < -0.3 is 8.98 Å². The Morgan fingerprint density at radius 2 is 1.06 bits per heavy atom. The third-order valence-electron chi connectivity index (χ3n) is 12.1. The third-order valence-corrected chi connectivity index (χ3v) is 13.3. The van der Waals surface area contributed by atoms with Crippen LogP contribution in [0.4, 0.5) is 0 Å². The molecule has 0 bridgehead atoms. The number of fused-ring (bicyclic) bond motifs is 11. The molecule has 0 spiro atoms. The van der Waals surface area contributed by atoms with Crippen molar-refractivity contribution in [3.8, 4) is 27.9 Å². The fourth-order valence-electron chi connectivity index (χ4n) is 9.21. The number of benzene rings is 9. The van der Waals surface area contributed by atoms with Crippen molar-refractivity contribution >= 4 is 92.9 Å². The van der Waals surface area contributed by atoms with Crippen molar-refractivity contribution in [2.45, 2.75) is 0 Å². The highest BCUT2D eigenvalue weighted by Crippen LogP contribution is 2.49. The highest BCUT2D eigenvalue weighted by molar-refractivity contribution is 7.27. The smallest absolute Gasteiger partial charge is 0.152 e. The summed E-state index contributed by atoms with van der Waals surface area (Å²) >= 11 is 1.86. The van der Waals surface area contributed by atoms with Gasteiger partial charge in [-0.15, -0.1) is 11.3 Å². The maximum absolute atomic E-state index is 9.72. The van der Waals surface area contributed by atoms with E-state index in [2.05, 4.69) is 162 Å². The third kappa shape index (κ3) is 6.20. The molecular weight excluding hydrogens is 787 g/mol. The molecule has 9 aromatic carbocycles. The number of allylic oxidation sites excluding steroid dienone is 1. The fourth-order valence-corrected chi connectivity index (χ4v) is 10.6. The first-order valence-corrected chi connectivity index (χ1v) is 21.9. The molecule has 296 valence electrons. The van der Waals surface area contributed by atoms with E-state index in [0.29, 0.717) is 5.71 Å². The molecule has 0 saturated heterocycles. The predicted octanol–water partition coefficient (Wildman–Crippen LogP) is 15.9. The zero-order valence-electron chi connectivity index (χ0n) is 34.0. The van der Waals surface area contributed by atoms with Gasteiger partial charge in [0.2, 0.25) is 0 Å². The Morgan fingerprint density at radius 1 is 0.492 bits per heavy atom. The second-order valence-electron chi connectivity index (χ2n) is 15.8. The molecule has 0 saturated carbocycles. The molecule has 1 N–H and O–H groups in total. The molecule has 0 unspecified atom stereocenters. The monoisotopic (exact) mass is 823 g/mol. The van der Waals surface area contributed by atoms with Crippen molar-refractivity contribution < 1.29 is 4.42 Å². The number of rotatable bonds is 7. The molecule has 3 aromatic heterocycles. The highest BCUT2D eigenvalue weighted by Gasteiger charge is 2.24. The molecule has 0 aliphatic heterocycles. The maximum atomic E-state index is 9.72. The van der Waals surface area contributed by atoms with E-state index < -0.39 is 0 Å². The number of hydrogen-bond acceptors (Lipinski definition) is 3. The van der Waals surface area contributed by atoms with Gasteiger partial charge in [0.1, 0.15) is 11.2 Å². The Morgan fingerprint density at radius 3 is 1.76 bits per heavy atom. The van der Waals surface area contributed by atoms with Gasteiger partial charge in [0.05, 0.1) is 22.4 Å². The van der Waals surface area contributed by atoms with Gasteiger partial charge in [-0.3, -0.25) is 5.41 Å². The zero-order valence-corrected chi connectivity index (χ0v) is 34.8. The van der Waals surface area contributed by atoms with E-state index in [1.54, 1.807) is 0 Å². The molecule has 0 atom stereocenters. The van der Waals surface area contributed by atoms with Gasteiger partial charge in [0, 0.05) is 64.0 Å². The number of para-hydroxylation sites is 2. The number of nitrogens with zero attached hydrogens (tertiary/aromatic N) is 2. The summed E-state index contributed by atoms with van der Waals surface area (Å²) in [6.07, 6.45) is 4.07. The van der Waals surface area contributed by atoms with Crippen LogP contribution in [0.25, 0.3) is 97.9 Å². The van der Waals surface area contributed by atoms with Crippen LogP contribution in [0, 0.1) is 5.41 Å². The molecule has 63 heavy (non-hydrogen) atoms. The molecule has 0 aliphatic rings. The molecule has 3 heterocycles. The summed E-state index contributed by atoms with van der Waals surface area (Å²) in [6, 6.07) is 71.9. The molecule has 5 heteroatoms. The minimum atomic E-state index is 0.180. The van der Waals surface area contributed by atoms with E-state index in [4.69, 9.17) is 9.41 Å². The first kappa shape index (κ1) is 36.7. The topological polar surface area (TPSA) is 54.3 Å². The summed E-state index contributed by atoms with van der Waals surface area (Å²) in [5.41, 5.74) is 12.7. The summed E-state index contributed by atoms with van der Waals surface area (Å²) in [7, 11) is 0. The summed E-state index contributed by atoms with van der Waals surface area (Å²) in [6.45, 7) is 0. The molecule has 4 nitrogen and oxygen atoms in total. The van der Waals surface area contributed by atoms with E-state index >= 15 is 0 Å². The van der Waals surface area contributed by atoms with Crippen LogP contribution in [0.15, 0.2) is 222 Å². The number of thiophene rings is 1. The fraction of sp³-hybridized carbons (Fsp3) is 0. The normalized spacial score (nSPS) is 12.2. The van der Waals surface area contributed by atoms with Crippen LogP contribution in [0.1, 0.15) is 16.7 Å². The Bertz CT molecular complexity index is 3720. The van der Waals surface area contributed by atoms with Crippen LogP contribution >= 0.6 is 11.3 Å². The molecule has 0 fully saturated rings. The number of aromatic nitrogens is 1. The first-order chi connectivity index (χ1) is 31.2. The molecule has 0 aliphatic carbocycles. The quantitative estimate of drug-likeness (QED) is 0.126. The van der Waals surface area contributed by atoms with Crippen molar-refractivity contribution in [3.63, 3.8) is 0 Å². The minimum Gasteiger partial charge on any atom is -0.456 e. The molecular formula is C58H37N3OS. The lowest BCUT2D eigenvalue weighted by atomic mass is 9.92. The first-order valence-electron chi connectivity index (χ1n) is 21.1. The van der Waals surface area contributed by atoms with E-state index in [9.17, 15) is 5.41 Å². The van der Waals surface area contributed by atoms with Crippen molar-refractivity contribution in [2.75, 3.05) is 0 Å². The van der Waals surface area contributed by atoms with E-state index in [0.717, 1.165) is 72.2 Å². The lowest BCUT2D eigenvalue weighted by Gasteiger charge is -2.21. The molecule has 0 radical (unpaired) electrons. The number of hydrogen-bond donors (Lipinski definition) is 1. The van der Waals surface area contributed by atoms with E-state index in [1.165, 1.54) is 36.3 Å². The summed E-state index contributed by atoms with van der Waals surface area (Å²) in [4.78, 5) is 5.09. The largest absolute Gasteiger partial charge is 0.456 e. The van der Waals surface area contributed by atoms with Crippen LogP contribution < -0.4 is 0 Å². The lowest BCUT2D eigenvalue weighted by molar-refractivity contribution is 0.669. The van der Waals surface area contributed by atoms with E-state index in [-0.39, 0.29) is 5.84 Å². The van der Waals surface area contributed by atoms with Gasteiger partial charge in [-0.2, -0.15) is 0 Å². The Kier molecular flexibility index (Phi) is 8.80. The Balaban J connectivity index is 1.14. The molecule has 12 aromatic rings. The average Bonchev–Trinajstić information content (AvgIpc) is 4.03. The number of nitrogens with one attached hydrogen (secondary N) is 1. The standard InChI is InChI=1S/C58H37N3OS/c59-58(60-48(40-23-11-4-12-24-40)32-29-37-17-5-1-6-18-37)41-35-46(38-19-7-2-8-20-38)55(47(36-41)39-21-9-3-10-22-39)61-49-27-15-13-25-44(49)53-50(61)33-30-42-43-31-34-52-54(57(43)63-56(42)53)45-26-14-16-28-51(45)62-52/h1-36,59H/b32-29+,59-58?,60-48+. The lowest BCUT2D eigenvalue weighted by Crippen LogP contribution is -2.07. The van der Waals surface area contributed by atoms with Gasteiger partial charge in [0.15, 0.2) is 5.84 Å². The summed E-state index contributed by atoms with van der Waals surface area (Å²) in [5, 5.41) is 16.9. The van der Waals surface area contributed by atoms with Gasteiger partial charge in [0.25, 0.3) is 0 Å². The zero-order chi connectivity index (χ0) is 41.9. The van der Waals surface area contributed by atoms with Crippen molar-refractivity contribution in [1.29, 1.82) is 5.41 Å². The van der Waals surface area contributed by atoms with Crippen LogP contribution in [0.3, 0.4) is 0 Å². The Hall–Kier alpha value is -8.12. The maximum Gasteiger partial charge on any atom is 0.152 e. The van der Waals surface area contributed by atoms with Gasteiger partial charge in [-0.25, -0.2) is 4.99 Å². The summed E-state index contributed by atoms with van der Waals surface area (Å²) < 4.78 is 11.3. The average molecular weight is 824 g/mol. The van der Waals surface area contributed by atoms with Crippen LogP contribution in [-0.4, -0.2) is 16.1 Å². The number of aliphatic imine (C=N–C) groups is 1. The van der Waals surface area contributed by atoms with Gasteiger partial charge >= 0.3 is 0 Å². The number of amidine groups is 1. The second-order valence-corrected chi connectivity index (χ2v) is 16.8. The van der Waals surface area contributed by atoms with Crippen LogP contribution in [0.5, 0.6) is 0 Å². The summed E-state index contributed by atoms with van der Waals surface area (Å²) in [5.74, 6) is 0.180. The SMILES string of the molecule is N=C(/N=C(\C=C\c1ccccc1)c1ccccc1)c1cc(-c2ccccc2)c(-n2c3ccccc3c3c4sc5c(ccc6oc7ccccc7c65)c4ccc32)c(-c2ccccc2)c1. The van der Waals surface area contributed by atoms with Crippen molar-refractivity contribution in [3.05, 3.63) is 229 Å². The highest BCUT2D eigenvalue weighted by atomic mass is 32.1. The number of furan rings is 1. The van der Waals surface area contributed by atoms with Crippen molar-refractivity contribution in [2.24, 2.45) is 4.99 Å². The van der Waals surface area contributed by atoms with E-state index in [1.807, 2.05) is 72.0 Å². The second kappa shape index (κ2) is 15.1.